The van der Waals surface area contributed by atoms with E-state index in [2.05, 4.69) is 6.92 Å². The second-order valence-corrected chi connectivity index (χ2v) is 5.12. The summed E-state index contributed by atoms with van der Waals surface area (Å²) in [4.78, 5) is 0. The van der Waals surface area contributed by atoms with Gasteiger partial charge in [0, 0.05) is 0 Å². The van der Waals surface area contributed by atoms with Crippen molar-refractivity contribution >= 4 is 29.3 Å². The molecule has 0 saturated carbocycles. The molecule has 62 valence electrons. The Morgan fingerprint density at radius 1 is 1.20 bits per heavy atom. The molecule has 0 bridgehead atoms. The first-order valence-electron chi connectivity index (χ1n) is 3.52. The normalized spacial score (nSPS) is 10.8. The van der Waals surface area contributed by atoms with Crippen molar-refractivity contribution in [2.24, 2.45) is 0 Å². The molecule has 0 N–H and O–H groups in total. The van der Waals surface area contributed by atoms with Gasteiger partial charge in [0.05, 0.1) is 6.61 Å². The summed E-state index contributed by atoms with van der Waals surface area (Å²) in [7, 11) is 0. The number of rotatable bonds is 6. The van der Waals surface area contributed by atoms with Crippen LogP contribution in [0.4, 0.5) is 0 Å². The molecule has 0 amide bonds. The van der Waals surface area contributed by atoms with Gasteiger partial charge in [-0.05, 0) is 28.9 Å². The fraction of sp³-hybridized carbons (Fsp3) is 1.00. The Balaban J connectivity index is 2.77. The zero-order valence-electron chi connectivity index (χ0n) is 6.15. The zero-order valence-corrected chi connectivity index (χ0v) is 8.55. The number of unbranched alkanes of at least 4 members (excludes halogenated alkanes) is 3. The Bertz CT molecular complexity index is 70.8. The highest BCUT2D eigenvalue weighted by atomic mass is 35.9. The Morgan fingerprint density at radius 3 is 2.40 bits per heavy atom. The highest BCUT2D eigenvalue weighted by Crippen LogP contribution is 2.47. The Labute approximate surface area is 73.5 Å². The molecule has 0 saturated heterocycles. The van der Waals surface area contributed by atoms with Crippen LogP contribution in [0.5, 0.6) is 0 Å². The molecule has 0 radical (unpaired) electrons. The van der Waals surface area contributed by atoms with Crippen LogP contribution in [-0.4, -0.2) is 6.61 Å². The molecule has 0 rings (SSSR count). The van der Waals surface area contributed by atoms with Gasteiger partial charge in [-0.1, -0.05) is 26.2 Å². The molecule has 4 heteroatoms. The maximum atomic E-state index is 5.40. The van der Waals surface area contributed by atoms with E-state index < -0.39 is 6.85 Å². The first-order chi connectivity index (χ1) is 4.77. The molecule has 0 aromatic carbocycles. The minimum atomic E-state index is -1.18. The summed E-state index contributed by atoms with van der Waals surface area (Å²) >= 11 is 10.8. The van der Waals surface area contributed by atoms with Crippen LogP contribution < -0.4 is 0 Å². The lowest BCUT2D eigenvalue weighted by molar-refractivity contribution is 0.349. The van der Waals surface area contributed by atoms with Crippen molar-refractivity contribution in [3.05, 3.63) is 0 Å². The third-order valence-electron chi connectivity index (χ3n) is 1.19. The van der Waals surface area contributed by atoms with Gasteiger partial charge in [-0.2, -0.15) is 0 Å². The summed E-state index contributed by atoms with van der Waals surface area (Å²) in [5, 5.41) is 0. The summed E-state index contributed by atoms with van der Waals surface area (Å²) < 4.78 is 4.98. The molecule has 0 unspecified atom stereocenters. The van der Waals surface area contributed by atoms with Crippen molar-refractivity contribution in [2.45, 2.75) is 32.6 Å². The lowest BCUT2D eigenvalue weighted by atomic mass is 10.2. The monoisotopic (exact) mass is 202 g/mol. The molecule has 0 aromatic rings. The molecule has 10 heavy (non-hydrogen) atoms. The summed E-state index contributed by atoms with van der Waals surface area (Å²) in [6, 6.07) is 0. The third kappa shape index (κ3) is 8.97. The first kappa shape index (κ1) is 11.0. The van der Waals surface area contributed by atoms with Crippen LogP contribution in [0.3, 0.4) is 0 Å². The molecule has 1 nitrogen and oxygen atoms in total. The van der Waals surface area contributed by atoms with Crippen molar-refractivity contribution in [1.29, 1.82) is 0 Å². The number of halogens is 2. The highest BCUT2D eigenvalue weighted by Gasteiger charge is 1.96. The van der Waals surface area contributed by atoms with E-state index in [-0.39, 0.29) is 0 Å². The smallest absolute Gasteiger partial charge is 0.225 e. The van der Waals surface area contributed by atoms with E-state index in [9.17, 15) is 0 Å². The van der Waals surface area contributed by atoms with Gasteiger partial charge in [0.1, 0.15) is 0 Å². The zero-order chi connectivity index (χ0) is 7.82. The Kier molecular flexibility index (Phi) is 8.85. The van der Waals surface area contributed by atoms with Gasteiger partial charge in [-0.3, -0.25) is 0 Å². The fourth-order valence-corrected chi connectivity index (χ4v) is 1.34. The Morgan fingerprint density at radius 2 is 1.90 bits per heavy atom. The molecule has 0 fully saturated rings. The van der Waals surface area contributed by atoms with Crippen molar-refractivity contribution < 1.29 is 4.52 Å². The predicted molar refractivity (Wildman–Crippen MR) is 48.7 cm³/mol. The van der Waals surface area contributed by atoms with Gasteiger partial charge in [0.25, 0.3) is 0 Å². The quantitative estimate of drug-likeness (QED) is 0.462. The van der Waals surface area contributed by atoms with Crippen molar-refractivity contribution in [1.82, 2.24) is 0 Å². The van der Waals surface area contributed by atoms with Crippen LogP contribution in [0.1, 0.15) is 32.6 Å². The maximum absolute atomic E-state index is 5.40. The van der Waals surface area contributed by atoms with E-state index in [1.54, 1.807) is 0 Å². The summed E-state index contributed by atoms with van der Waals surface area (Å²) in [5.74, 6) is 0. The molecule has 0 heterocycles. The van der Waals surface area contributed by atoms with Gasteiger partial charge in [-0.25, -0.2) is 0 Å². The molecule has 0 spiro atoms. The van der Waals surface area contributed by atoms with E-state index in [4.69, 9.17) is 27.0 Å². The molecular formula is C6H13Cl2OP. The highest BCUT2D eigenvalue weighted by molar-refractivity contribution is 8.00. The number of hydrogen-bond acceptors (Lipinski definition) is 1. The largest absolute Gasteiger partial charge is 0.332 e. The van der Waals surface area contributed by atoms with Gasteiger partial charge in [-0.15, -0.1) is 0 Å². The summed E-state index contributed by atoms with van der Waals surface area (Å²) in [6.07, 6.45) is 4.81. The van der Waals surface area contributed by atoms with Crippen LogP contribution in [0.2, 0.25) is 0 Å². The minimum absolute atomic E-state index is 0.707. The predicted octanol–water partition coefficient (Wildman–Crippen LogP) is 4.29. The van der Waals surface area contributed by atoms with Crippen molar-refractivity contribution in [3.8, 4) is 0 Å². The van der Waals surface area contributed by atoms with E-state index in [0.717, 1.165) is 6.42 Å². The average molecular weight is 203 g/mol. The first-order valence-corrected chi connectivity index (χ1v) is 6.59. The van der Waals surface area contributed by atoms with E-state index >= 15 is 0 Å². The second kappa shape index (κ2) is 8.07. The van der Waals surface area contributed by atoms with E-state index in [0.29, 0.717) is 6.61 Å². The van der Waals surface area contributed by atoms with E-state index in [1.165, 1.54) is 19.3 Å². The molecule has 0 aliphatic carbocycles. The standard InChI is InChI=1S/C6H13Cl2OP/c1-2-3-4-5-6-9-10(7)8/h2-6H2,1H3. The average Bonchev–Trinajstić information content (AvgIpc) is 1.87. The SMILES string of the molecule is CCCCCCOP(Cl)Cl. The van der Waals surface area contributed by atoms with Crippen LogP contribution in [0.15, 0.2) is 0 Å². The maximum Gasteiger partial charge on any atom is 0.225 e. The van der Waals surface area contributed by atoms with Crippen molar-refractivity contribution in [2.75, 3.05) is 6.61 Å². The van der Waals surface area contributed by atoms with Gasteiger partial charge >= 0.3 is 0 Å². The second-order valence-electron chi connectivity index (χ2n) is 2.10. The molecule has 0 atom stereocenters. The Hall–Kier alpha value is 0.970. The molecular weight excluding hydrogens is 190 g/mol. The van der Waals surface area contributed by atoms with Crippen LogP contribution in [0, 0.1) is 0 Å². The van der Waals surface area contributed by atoms with Crippen LogP contribution in [0.25, 0.3) is 0 Å². The topological polar surface area (TPSA) is 9.23 Å². The minimum Gasteiger partial charge on any atom is -0.332 e. The lowest BCUT2D eigenvalue weighted by Gasteiger charge is -2.01. The van der Waals surface area contributed by atoms with E-state index in [1.807, 2.05) is 0 Å². The van der Waals surface area contributed by atoms with Gasteiger partial charge < -0.3 is 4.52 Å². The third-order valence-corrected chi connectivity index (χ3v) is 2.15. The number of hydrogen-bond donors (Lipinski definition) is 0. The summed E-state index contributed by atoms with van der Waals surface area (Å²) in [6.45, 7) is 1.71. The fourth-order valence-electron chi connectivity index (χ4n) is 0.662. The van der Waals surface area contributed by atoms with Crippen molar-refractivity contribution in [3.63, 3.8) is 0 Å². The molecule has 0 aliphatic heterocycles. The summed E-state index contributed by atoms with van der Waals surface area (Å²) in [5.41, 5.74) is 0. The molecule has 0 aliphatic rings. The molecule has 0 aromatic heterocycles. The van der Waals surface area contributed by atoms with Gasteiger partial charge in [0.15, 0.2) is 0 Å². The van der Waals surface area contributed by atoms with Gasteiger partial charge in [0.2, 0.25) is 6.85 Å². The van der Waals surface area contributed by atoms with Crippen LogP contribution in [-0.2, 0) is 4.52 Å². The lowest BCUT2D eigenvalue weighted by Crippen LogP contribution is -1.85. The van der Waals surface area contributed by atoms with Crippen LogP contribution >= 0.6 is 29.3 Å².